The summed E-state index contributed by atoms with van der Waals surface area (Å²) in [7, 11) is 0. The molecule has 0 saturated carbocycles. The number of hydrogen-bond donors (Lipinski definition) is 1. The topological polar surface area (TPSA) is 33.1 Å². The van der Waals surface area contributed by atoms with E-state index in [0.29, 0.717) is 5.56 Å². The number of aliphatic hydroxyl groups is 1. The van der Waals surface area contributed by atoms with E-state index in [0.717, 1.165) is 40.6 Å². The summed E-state index contributed by atoms with van der Waals surface area (Å²) in [6, 6.07) is 5.05. The third kappa shape index (κ3) is 2.33. The zero-order valence-corrected chi connectivity index (χ0v) is 11.3. The predicted octanol–water partition coefficient (Wildman–Crippen LogP) is 3.85. The number of thiazole rings is 1. The number of fused-ring (bicyclic) bond motifs is 1. The van der Waals surface area contributed by atoms with Gasteiger partial charge in [0.15, 0.2) is 0 Å². The van der Waals surface area contributed by atoms with Gasteiger partial charge in [-0.05, 0) is 25.0 Å². The molecule has 2 nitrogen and oxygen atoms in total. The molecule has 2 aromatic rings. The summed E-state index contributed by atoms with van der Waals surface area (Å²) in [4.78, 5) is 5.62. The zero-order chi connectivity index (χ0) is 14.3. The second-order valence-electron chi connectivity index (χ2n) is 4.82. The Morgan fingerprint density at radius 1 is 1.25 bits per heavy atom. The largest absolute Gasteiger partial charge is 0.416 e. The lowest BCUT2D eigenvalue weighted by atomic mass is 10.1. The van der Waals surface area contributed by atoms with E-state index in [-0.39, 0.29) is 12.5 Å². The van der Waals surface area contributed by atoms with Crippen LogP contribution in [0.5, 0.6) is 0 Å². The fourth-order valence-electron chi connectivity index (χ4n) is 2.41. The van der Waals surface area contributed by atoms with Crippen LogP contribution in [-0.4, -0.2) is 16.7 Å². The first kappa shape index (κ1) is 13.6. The van der Waals surface area contributed by atoms with Gasteiger partial charge in [0.05, 0.1) is 17.9 Å². The van der Waals surface area contributed by atoms with Crippen LogP contribution < -0.4 is 0 Å². The monoisotopic (exact) mass is 299 g/mol. The molecule has 1 aromatic heterocycles. The first-order valence-electron chi connectivity index (χ1n) is 6.27. The van der Waals surface area contributed by atoms with Gasteiger partial charge in [-0.15, -0.1) is 11.3 Å². The molecule has 3 rings (SSSR count). The van der Waals surface area contributed by atoms with E-state index in [9.17, 15) is 18.3 Å². The Morgan fingerprint density at radius 2 is 1.95 bits per heavy atom. The maximum absolute atomic E-state index is 12.5. The molecular weight excluding hydrogens is 287 g/mol. The molecule has 0 saturated heterocycles. The first-order chi connectivity index (χ1) is 9.49. The van der Waals surface area contributed by atoms with Crippen molar-refractivity contribution in [3.8, 4) is 10.6 Å². The van der Waals surface area contributed by atoms with Crippen LogP contribution in [0.2, 0.25) is 0 Å². The minimum absolute atomic E-state index is 0.0726. The number of alkyl halides is 3. The summed E-state index contributed by atoms with van der Waals surface area (Å²) in [5.41, 5.74) is 0.945. The minimum atomic E-state index is -4.31. The Labute approximate surface area is 117 Å². The van der Waals surface area contributed by atoms with Crippen molar-refractivity contribution in [2.45, 2.75) is 24.9 Å². The summed E-state index contributed by atoms with van der Waals surface area (Å²) in [6.45, 7) is 0.0726. The van der Waals surface area contributed by atoms with Crippen LogP contribution in [0.1, 0.15) is 28.5 Å². The predicted molar refractivity (Wildman–Crippen MR) is 70.7 cm³/mol. The van der Waals surface area contributed by atoms with Crippen LogP contribution in [0.15, 0.2) is 24.3 Å². The van der Waals surface area contributed by atoms with E-state index in [4.69, 9.17) is 0 Å². The quantitative estimate of drug-likeness (QED) is 0.913. The summed E-state index contributed by atoms with van der Waals surface area (Å²) < 4.78 is 37.5. The average molecular weight is 299 g/mol. The van der Waals surface area contributed by atoms with Crippen LogP contribution in [0, 0.1) is 0 Å². The number of halogens is 3. The molecule has 1 N–H and O–H groups in total. The summed E-state index contributed by atoms with van der Waals surface area (Å²) in [6.07, 6.45) is -2.53. The number of aliphatic hydroxyl groups excluding tert-OH is 1. The first-order valence-corrected chi connectivity index (χ1v) is 7.09. The van der Waals surface area contributed by atoms with Crippen molar-refractivity contribution in [2.24, 2.45) is 0 Å². The maximum Gasteiger partial charge on any atom is 0.416 e. The van der Waals surface area contributed by atoms with Gasteiger partial charge in [-0.3, -0.25) is 0 Å². The molecule has 0 bridgehead atoms. The van der Waals surface area contributed by atoms with E-state index in [1.807, 2.05) is 0 Å². The van der Waals surface area contributed by atoms with Crippen LogP contribution in [0.25, 0.3) is 10.6 Å². The SMILES string of the molecule is OCC1CCc2sc(-c3ccc(C(F)(F)F)cc3)nc21. The number of rotatable bonds is 2. The average Bonchev–Trinajstić information content (AvgIpc) is 2.97. The van der Waals surface area contributed by atoms with Crippen molar-refractivity contribution in [3.05, 3.63) is 40.4 Å². The Morgan fingerprint density at radius 3 is 2.55 bits per heavy atom. The molecule has 1 unspecified atom stereocenters. The molecule has 1 heterocycles. The van der Waals surface area contributed by atoms with Gasteiger partial charge in [0, 0.05) is 16.4 Å². The molecule has 106 valence electrons. The van der Waals surface area contributed by atoms with Crippen molar-refractivity contribution in [3.63, 3.8) is 0 Å². The third-order valence-electron chi connectivity index (χ3n) is 3.51. The highest BCUT2D eigenvalue weighted by Gasteiger charge is 2.30. The molecule has 20 heavy (non-hydrogen) atoms. The van der Waals surface area contributed by atoms with Crippen LogP contribution in [0.4, 0.5) is 13.2 Å². The van der Waals surface area contributed by atoms with Gasteiger partial charge in [0.2, 0.25) is 0 Å². The highest BCUT2D eigenvalue weighted by Crippen LogP contribution is 2.40. The van der Waals surface area contributed by atoms with Crippen molar-refractivity contribution < 1.29 is 18.3 Å². The number of benzene rings is 1. The molecule has 0 spiro atoms. The fourth-order valence-corrected chi connectivity index (χ4v) is 3.57. The van der Waals surface area contributed by atoms with Crippen molar-refractivity contribution >= 4 is 11.3 Å². The van der Waals surface area contributed by atoms with E-state index in [2.05, 4.69) is 4.98 Å². The number of aromatic nitrogens is 1. The Hall–Kier alpha value is -1.40. The van der Waals surface area contributed by atoms with Gasteiger partial charge in [0.25, 0.3) is 0 Å². The maximum atomic E-state index is 12.5. The second-order valence-corrected chi connectivity index (χ2v) is 5.90. The lowest BCUT2D eigenvalue weighted by Crippen LogP contribution is -2.04. The zero-order valence-electron chi connectivity index (χ0n) is 10.4. The van der Waals surface area contributed by atoms with E-state index in [1.165, 1.54) is 23.5 Å². The lowest BCUT2D eigenvalue weighted by Gasteiger charge is -2.06. The number of nitrogens with zero attached hydrogens (tertiary/aromatic N) is 1. The van der Waals surface area contributed by atoms with Crippen LogP contribution in [0.3, 0.4) is 0 Å². The van der Waals surface area contributed by atoms with Gasteiger partial charge in [-0.1, -0.05) is 12.1 Å². The molecule has 0 fully saturated rings. The lowest BCUT2D eigenvalue weighted by molar-refractivity contribution is -0.137. The van der Waals surface area contributed by atoms with Crippen LogP contribution >= 0.6 is 11.3 Å². The van der Waals surface area contributed by atoms with E-state index < -0.39 is 11.7 Å². The van der Waals surface area contributed by atoms with Gasteiger partial charge >= 0.3 is 6.18 Å². The van der Waals surface area contributed by atoms with Crippen molar-refractivity contribution in [2.75, 3.05) is 6.61 Å². The van der Waals surface area contributed by atoms with Crippen molar-refractivity contribution in [1.29, 1.82) is 0 Å². The molecule has 1 aromatic carbocycles. The molecule has 1 aliphatic rings. The second kappa shape index (κ2) is 4.86. The Bertz CT molecular complexity index is 618. The third-order valence-corrected chi connectivity index (χ3v) is 4.69. The molecular formula is C14H12F3NOS. The molecule has 6 heteroatoms. The fraction of sp³-hybridized carbons (Fsp3) is 0.357. The molecule has 1 aliphatic carbocycles. The molecule has 1 atom stereocenters. The van der Waals surface area contributed by atoms with E-state index >= 15 is 0 Å². The Balaban J connectivity index is 1.91. The summed E-state index contributed by atoms with van der Waals surface area (Å²) in [5, 5.41) is 9.98. The Kier molecular flexibility index (Phi) is 3.30. The van der Waals surface area contributed by atoms with Crippen LogP contribution in [-0.2, 0) is 12.6 Å². The summed E-state index contributed by atoms with van der Waals surface area (Å²) in [5.74, 6) is 0.0736. The highest BCUT2D eigenvalue weighted by atomic mass is 32.1. The molecule has 0 amide bonds. The van der Waals surface area contributed by atoms with Crippen molar-refractivity contribution in [1.82, 2.24) is 4.98 Å². The molecule has 0 aliphatic heterocycles. The smallest absolute Gasteiger partial charge is 0.396 e. The molecule has 0 radical (unpaired) electrons. The number of hydrogen-bond acceptors (Lipinski definition) is 3. The van der Waals surface area contributed by atoms with Gasteiger partial charge in [0.1, 0.15) is 5.01 Å². The minimum Gasteiger partial charge on any atom is -0.396 e. The van der Waals surface area contributed by atoms with Gasteiger partial charge < -0.3 is 5.11 Å². The normalized spacial score (nSPS) is 18.3. The summed E-state index contributed by atoms with van der Waals surface area (Å²) >= 11 is 1.50. The van der Waals surface area contributed by atoms with Gasteiger partial charge in [-0.2, -0.15) is 13.2 Å². The van der Waals surface area contributed by atoms with E-state index in [1.54, 1.807) is 0 Å². The van der Waals surface area contributed by atoms with Gasteiger partial charge in [-0.25, -0.2) is 4.98 Å². The standard InChI is InChI=1S/C14H12F3NOS/c15-14(16,17)10-4-1-8(2-5-10)13-18-12-9(7-19)3-6-11(12)20-13/h1-2,4-5,9,19H,3,6-7H2. The number of aryl methyl sites for hydroxylation is 1. The highest BCUT2D eigenvalue weighted by molar-refractivity contribution is 7.15.